The third-order valence-electron chi connectivity index (χ3n) is 6.41. The number of nitrogens with zero attached hydrogens (tertiary/aromatic N) is 1. The average molecular weight is 410 g/mol. The Morgan fingerprint density at radius 2 is 1.97 bits per heavy atom. The van der Waals surface area contributed by atoms with Gasteiger partial charge in [-0.15, -0.1) is 0 Å². The lowest BCUT2D eigenvalue weighted by Crippen LogP contribution is -2.58. The number of hydrogen-bond acceptors (Lipinski definition) is 5. The molecule has 8 heteroatoms. The molecule has 3 aliphatic rings. The van der Waals surface area contributed by atoms with Crippen LogP contribution in [0.4, 0.5) is 0 Å². The fourth-order valence-corrected chi connectivity index (χ4v) is 5.40. The van der Waals surface area contributed by atoms with Gasteiger partial charge >= 0.3 is 0 Å². The Hall–Kier alpha value is -1.67. The molecule has 29 heavy (non-hydrogen) atoms. The summed E-state index contributed by atoms with van der Waals surface area (Å²) in [5.41, 5.74) is -2.21. The van der Waals surface area contributed by atoms with Gasteiger partial charge in [0.15, 0.2) is 0 Å². The standard InChI is InChI=1S/C21H35N3O5/c1-6-10-22-16(26)13-14-18(28)24(11-7-12-25)15(17(27)23-19(2,3)4)21(14)9-8-20(13,5)29-21/h13-15,25H,6-12H2,1-5H3,(H,22,26)(H,23,27)/t13-,14+,15?,20+,21?/m1/s1. The van der Waals surface area contributed by atoms with Gasteiger partial charge in [-0.25, -0.2) is 0 Å². The Bertz CT molecular complexity index is 690. The largest absolute Gasteiger partial charge is 0.396 e. The van der Waals surface area contributed by atoms with Crippen LogP contribution in [0.3, 0.4) is 0 Å². The van der Waals surface area contributed by atoms with E-state index in [4.69, 9.17) is 4.74 Å². The van der Waals surface area contributed by atoms with Crippen LogP contribution in [0.2, 0.25) is 0 Å². The molecule has 0 aromatic carbocycles. The Morgan fingerprint density at radius 3 is 2.55 bits per heavy atom. The van der Waals surface area contributed by atoms with Gasteiger partial charge in [0.25, 0.3) is 0 Å². The van der Waals surface area contributed by atoms with Crippen molar-refractivity contribution in [2.45, 2.75) is 83.1 Å². The average Bonchev–Trinajstić information content (AvgIpc) is 3.17. The van der Waals surface area contributed by atoms with Crippen molar-refractivity contribution in [1.82, 2.24) is 15.5 Å². The predicted molar refractivity (Wildman–Crippen MR) is 107 cm³/mol. The van der Waals surface area contributed by atoms with Gasteiger partial charge in [0.1, 0.15) is 11.6 Å². The number of ether oxygens (including phenoxy) is 1. The van der Waals surface area contributed by atoms with E-state index in [9.17, 15) is 19.5 Å². The van der Waals surface area contributed by atoms with Crippen LogP contribution < -0.4 is 10.6 Å². The number of likely N-dealkylation sites (tertiary alicyclic amines) is 1. The van der Waals surface area contributed by atoms with E-state index in [0.29, 0.717) is 25.8 Å². The van der Waals surface area contributed by atoms with Crippen molar-refractivity contribution in [1.29, 1.82) is 0 Å². The summed E-state index contributed by atoms with van der Waals surface area (Å²) in [6.07, 6.45) is 2.38. The van der Waals surface area contributed by atoms with E-state index in [-0.39, 0.29) is 30.9 Å². The highest BCUT2D eigenvalue weighted by Gasteiger charge is 2.77. The number of nitrogens with one attached hydrogen (secondary N) is 2. The van der Waals surface area contributed by atoms with Crippen molar-refractivity contribution in [2.24, 2.45) is 11.8 Å². The minimum atomic E-state index is -0.995. The monoisotopic (exact) mass is 409 g/mol. The van der Waals surface area contributed by atoms with Crippen LogP contribution in [-0.4, -0.2) is 70.2 Å². The maximum absolute atomic E-state index is 13.5. The molecule has 164 valence electrons. The molecule has 3 N–H and O–H groups in total. The molecule has 3 heterocycles. The SMILES string of the molecule is CCCNC(=O)[C@H]1[C@H]2C(=O)N(CCCO)C(C(=O)NC(C)(C)C)C23CC[C@]1(C)O3. The summed E-state index contributed by atoms with van der Waals surface area (Å²) in [5, 5.41) is 15.2. The summed E-state index contributed by atoms with van der Waals surface area (Å²) in [5.74, 6) is -1.93. The molecular weight excluding hydrogens is 374 g/mol. The highest BCUT2D eigenvalue weighted by molar-refractivity contribution is 5.99. The number of hydrogen-bond donors (Lipinski definition) is 3. The van der Waals surface area contributed by atoms with Gasteiger partial charge in [0, 0.05) is 25.2 Å². The number of carbonyl (C=O) groups excluding carboxylic acids is 3. The lowest BCUT2D eigenvalue weighted by molar-refractivity contribution is -0.147. The minimum absolute atomic E-state index is 0.0754. The Balaban J connectivity index is 2.00. The molecule has 0 saturated carbocycles. The Kier molecular flexibility index (Phi) is 5.73. The fraction of sp³-hybridized carbons (Fsp3) is 0.857. The van der Waals surface area contributed by atoms with Gasteiger partial charge in [-0.1, -0.05) is 6.92 Å². The number of carbonyl (C=O) groups is 3. The molecule has 3 fully saturated rings. The van der Waals surface area contributed by atoms with Crippen LogP contribution in [0.1, 0.15) is 60.3 Å². The maximum Gasteiger partial charge on any atom is 0.246 e. The van der Waals surface area contributed by atoms with Gasteiger partial charge in [-0.2, -0.15) is 0 Å². The lowest BCUT2D eigenvalue weighted by atomic mass is 9.66. The van der Waals surface area contributed by atoms with Gasteiger partial charge in [0.2, 0.25) is 17.7 Å². The third kappa shape index (κ3) is 3.54. The molecule has 2 bridgehead atoms. The van der Waals surface area contributed by atoms with E-state index >= 15 is 0 Å². The van der Waals surface area contributed by atoms with Crippen LogP contribution in [0.25, 0.3) is 0 Å². The summed E-state index contributed by atoms with van der Waals surface area (Å²) in [6.45, 7) is 10.3. The maximum atomic E-state index is 13.5. The second kappa shape index (κ2) is 7.54. The van der Waals surface area contributed by atoms with Crippen LogP contribution in [0, 0.1) is 11.8 Å². The smallest absolute Gasteiger partial charge is 0.246 e. The summed E-state index contributed by atoms with van der Waals surface area (Å²) in [7, 11) is 0. The molecule has 3 amide bonds. The van der Waals surface area contributed by atoms with Crippen LogP contribution in [0.5, 0.6) is 0 Å². The first-order valence-electron chi connectivity index (χ1n) is 10.7. The van der Waals surface area contributed by atoms with Gasteiger partial charge in [-0.05, 0) is 53.4 Å². The highest BCUT2D eigenvalue weighted by Crippen LogP contribution is 2.63. The second-order valence-electron chi connectivity index (χ2n) is 9.87. The molecular formula is C21H35N3O5. The molecule has 3 saturated heterocycles. The molecule has 5 atom stereocenters. The van der Waals surface area contributed by atoms with Gasteiger partial charge < -0.3 is 25.4 Å². The number of rotatable bonds is 7. The van der Waals surface area contributed by atoms with Crippen LogP contribution in [-0.2, 0) is 19.1 Å². The predicted octanol–water partition coefficient (Wildman–Crippen LogP) is 0.574. The van der Waals surface area contributed by atoms with Crippen molar-refractivity contribution in [2.75, 3.05) is 19.7 Å². The van der Waals surface area contributed by atoms with E-state index in [1.807, 2.05) is 34.6 Å². The molecule has 1 spiro atoms. The quantitative estimate of drug-likeness (QED) is 0.570. The minimum Gasteiger partial charge on any atom is -0.396 e. The van der Waals surface area contributed by atoms with E-state index in [0.717, 1.165) is 6.42 Å². The number of fused-ring (bicyclic) bond motifs is 1. The topological polar surface area (TPSA) is 108 Å². The zero-order valence-electron chi connectivity index (χ0n) is 18.2. The van der Waals surface area contributed by atoms with E-state index in [2.05, 4.69) is 10.6 Å². The Labute approximate surface area is 172 Å². The molecule has 0 aromatic heterocycles. The van der Waals surface area contributed by atoms with Crippen molar-refractivity contribution in [3.05, 3.63) is 0 Å². The van der Waals surface area contributed by atoms with Crippen molar-refractivity contribution >= 4 is 17.7 Å². The van der Waals surface area contributed by atoms with Gasteiger partial charge in [-0.3, -0.25) is 14.4 Å². The summed E-state index contributed by atoms with van der Waals surface area (Å²) >= 11 is 0. The molecule has 0 aromatic rings. The molecule has 0 radical (unpaired) electrons. The summed E-state index contributed by atoms with van der Waals surface area (Å²) in [6, 6.07) is -0.795. The van der Waals surface area contributed by atoms with Gasteiger partial charge in [0.05, 0.1) is 17.4 Å². The number of aliphatic hydroxyl groups excluding tert-OH is 1. The van der Waals surface area contributed by atoms with E-state index < -0.39 is 34.6 Å². The molecule has 2 unspecified atom stereocenters. The summed E-state index contributed by atoms with van der Waals surface area (Å²) < 4.78 is 6.47. The first kappa shape index (κ1) is 22.0. The van der Waals surface area contributed by atoms with Crippen molar-refractivity contribution < 1.29 is 24.2 Å². The lowest BCUT2D eigenvalue weighted by Gasteiger charge is -2.35. The second-order valence-corrected chi connectivity index (χ2v) is 9.87. The van der Waals surface area contributed by atoms with Crippen molar-refractivity contribution in [3.8, 4) is 0 Å². The van der Waals surface area contributed by atoms with E-state index in [1.165, 1.54) is 4.90 Å². The Morgan fingerprint density at radius 1 is 1.28 bits per heavy atom. The van der Waals surface area contributed by atoms with Crippen LogP contribution >= 0.6 is 0 Å². The fourth-order valence-electron chi connectivity index (χ4n) is 5.40. The third-order valence-corrected chi connectivity index (χ3v) is 6.41. The van der Waals surface area contributed by atoms with Crippen molar-refractivity contribution in [3.63, 3.8) is 0 Å². The molecule has 8 nitrogen and oxygen atoms in total. The zero-order chi connectivity index (χ0) is 21.6. The first-order valence-corrected chi connectivity index (χ1v) is 10.7. The summed E-state index contributed by atoms with van der Waals surface area (Å²) in [4.78, 5) is 41.3. The number of amides is 3. The highest BCUT2D eigenvalue weighted by atomic mass is 16.5. The van der Waals surface area contributed by atoms with E-state index in [1.54, 1.807) is 0 Å². The molecule has 3 aliphatic heterocycles. The number of aliphatic hydroxyl groups is 1. The zero-order valence-corrected chi connectivity index (χ0v) is 18.2. The normalized spacial score (nSPS) is 35.7. The molecule has 0 aliphatic carbocycles. The molecule has 3 rings (SSSR count). The first-order chi connectivity index (χ1) is 13.5. The van der Waals surface area contributed by atoms with Crippen LogP contribution in [0.15, 0.2) is 0 Å².